The van der Waals surface area contributed by atoms with Crippen molar-refractivity contribution in [3.05, 3.63) is 23.9 Å². The molecule has 0 aliphatic carbocycles. The Morgan fingerprint density at radius 1 is 1.39 bits per heavy atom. The molecule has 102 valence electrons. The van der Waals surface area contributed by atoms with Crippen molar-refractivity contribution in [1.29, 1.82) is 0 Å². The predicted octanol–water partition coefficient (Wildman–Crippen LogP) is 4.59. The fourth-order valence-electron chi connectivity index (χ4n) is 1.52. The molecule has 0 bridgehead atoms. The van der Waals surface area contributed by atoms with Crippen LogP contribution in [-0.4, -0.2) is 16.9 Å². The van der Waals surface area contributed by atoms with Gasteiger partial charge in [0.2, 0.25) is 0 Å². The number of allylic oxidation sites excluding steroid dienone is 4. The van der Waals surface area contributed by atoms with Crippen LogP contribution in [0.15, 0.2) is 28.9 Å². The number of aliphatic imine (C=N–C) groups is 1. The average molecular weight is 361 g/mol. The molecular formula is C15H24INO. The lowest BCUT2D eigenvalue weighted by Crippen LogP contribution is -2.11. The Morgan fingerprint density at radius 2 is 2.06 bits per heavy atom. The first-order valence-electron chi connectivity index (χ1n) is 6.42. The molecule has 0 amide bonds. The van der Waals surface area contributed by atoms with Crippen LogP contribution in [0.5, 0.6) is 0 Å². The maximum atomic E-state index is 11.4. The van der Waals surface area contributed by atoms with Gasteiger partial charge in [-0.25, -0.2) is 0 Å². The molecule has 18 heavy (non-hydrogen) atoms. The van der Waals surface area contributed by atoms with E-state index in [-0.39, 0.29) is 5.92 Å². The lowest BCUT2D eigenvalue weighted by atomic mass is 10.0. The molecule has 0 radical (unpaired) electrons. The standard InChI is InChI=1S/C15H24INO/c1-12(2)10-14(17-4)9-7-5-6-8-13(3)15(18)11-16/h5,7,9,12-13H,4,6,8,10-11H2,1-3H3/b7-5-,14-9-. The van der Waals surface area contributed by atoms with Crippen LogP contribution in [0.25, 0.3) is 0 Å². The van der Waals surface area contributed by atoms with Gasteiger partial charge in [0.25, 0.3) is 0 Å². The number of Topliss-reactive ketones (excluding diaryl/α,β-unsaturated/α-hetero) is 1. The number of carbonyl (C=O) groups is 1. The number of hydrogen-bond donors (Lipinski definition) is 0. The molecule has 0 aromatic rings. The van der Waals surface area contributed by atoms with E-state index in [1.807, 2.05) is 19.1 Å². The number of alkyl halides is 1. The molecule has 1 unspecified atom stereocenters. The second-order valence-corrected chi connectivity index (χ2v) is 5.68. The summed E-state index contributed by atoms with van der Waals surface area (Å²) in [5, 5.41) is 0. The molecule has 0 heterocycles. The van der Waals surface area contributed by atoms with E-state index in [1.165, 1.54) is 0 Å². The highest BCUT2D eigenvalue weighted by molar-refractivity contribution is 14.1. The van der Waals surface area contributed by atoms with Gasteiger partial charge in [0.05, 0.1) is 4.43 Å². The molecule has 0 spiro atoms. The molecule has 0 aromatic carbocycles. The van der Waals surface area contributed by atoms with Gasteiger partial charge in [-0.05, 0) is 38.0 Å². The Bertz CT molecular complexity index is 318. The van der Waals surface area contributed by atoms with Crippen LogP contribution in [0.3, 0.4) is 0 Å². The second-order valence-electron chi connectivity index (χ2n) is 4.92. The lowest BCUT2D eigenvalue weighted by Gasteiger charge is -2.05. The van der Waals surface area contributed by atoms with E-state index >= 15 is 0 Å². The van der Waals surface area contributed by atoms with Crippen molar-refractivity contribution in [3.8, 4) is 0 Å². The summed E-state index contributed by atoms with van der Waals surface area (Å²) in [7, 11) is 0. The third-order valence-corrected chi connectivity index (χ3v) is 3.44. The summed E-state index contributed by atoms with van der Waals surface area (Å²) in [6.07, 6.45) is 8.95. The van der Waals surface area contributed by atoms with Crippen LogP contribution >= 0.6 is 22.6 Å². The van der Waals surface area contributed by atoms with Crippen LogP contribution in [-0.2, 0) is 4.79 Å². The smallest absolute Gasteiger partial charge is 0.145 e. The number of carbonyl (C=O) groups excluding carboxylic acids is 1. The molecule has 0 saturated heterocycles. The zero-order chi connectivity index (χ0) is 14.0. The van der Waals surface area contributed by atoms with E-state index in [9.17, 15) is 4.79 Å². The van der Waals surface area contributed by atoms with Crippen molar-refractivity contribution < 1.29 is 4.79 Å². The van der Waals surface area contributed by atoms with Gasteiger partial charge in [-0.15, -0.1) is 0 Å². The minimum absolute atomic E-state index is 0.170. The minimum atomic E-state index is 0.170. The lowest BCUT2D eigenvalue weighted by molar-refractivity contribution is -0.119. The fourth-order valence-corrected chi connectivity index (χ4v) is 2.27. The van der Waals surface area contributed by atoms with Gasteiger partial charge in [0, 0.05) is 11.6 Å². The Balaban J connectivity index is 4.05. The van der Waals surface area contributed by atoms with Crippen molar-refractivity contribution in [3.63, 3.8) is 0 Å². The number of hydrogen-bond acceptors (Lipinski definition) is 2. The van der Waals surface area contributed by atoms with Gasteiger partial charge in [-0.2, -0.15) is 0 Å². The summed E-state index contributed by atoms with van der Waals surface area (Å²) >= 11 is 2.13. The van der Waals surface area contributed by atoms with E-state index in [4.69, 9.17) is 0 Å². The molecule has 0 aliphatic rings. The Hall–Kier alpha value is -0.450. The van der Waals surface area contributed by atoms with Gasteiger partial charge in [-0.3, -0.25) is 9.79 Å². The van der Waals surface area contributed by atoms with Crippen LogP contribution in [0.4, 0.5) is 0 Å². The number of halogens is 1. The van der Waals surface area contributed by atoms with Gasteiger partial charge >= 0.3 is 0 Å². The summed E-state index contributed by atoms with van der Waals surface area (Å²) in [6.45, 7) is 9.91. The van der Waals surface area contributed by atoms with E-state index in [0.29, 0.717) is 16.1 Å². The molecule has 0 rings (SSSR count). The average Bonchev–Trinajstić information content (AvgIpc) is 2.35. The Morgan fingerprint density at radius 3 is 2.56 bits per heavy atom. The summed E-state index contributed by atoms with van der Waals surface area (Å²) < 4.78 is 0.613. The Labute approximate surface area is 125 Å². The molecule has 0 aliphatic heterocycles. The molecule has 2 nitrogen and oxygen atoms in total. The summed E-state index contributed by atoms with van der Waals surface area (Å²) in [5.41, 5.74) is 1.03. The minimum Gasteiger partial charge on any atom is -0.299 e. The van der Waals surface area contributed by atoms with Gasteiger partial charge in [-0.1, -0.05) is 55.5 Å². The molecule has 0 saturated carbocycles. The van der Waals surface area contributed by atoms with Crippen molar-refractivity contribution in [1.82, 2.24) is 0 Å². The van der Waals surface area contributed by atoms with E-state index in [2.05, 4.69) is 54.2 Å². The first kappa shape index (κ1) is 17.6. The largest absolute Gasteiger partial charge is 0.299 e. The first-order valence-corrected chi connectivity index (χ1v) is 7.94. The zero-order valence-corrected chi connectivity index (χ0v) is 13.8. The molecular weight excluding hydrogens is 337 g/mol. The van der Waals surface area contributed by atoms with E-state index in [0.717, 1.165) is 25.0 Å². The van der Waals surface area contributed by atoms with E-state index < -0.39 is 0 Å². The molecule has 0 fully saturated rings. The fraction of sp³-hybridized carbons (Fsp3) is 0.600. The number of nitrogens with zero attached hydrogens (tertiary/aromatic N) is 1. The van der Waals surface area contributed by atoms with Crippen molar-refractivity contribution in [2.24, 2.45) is 16.8 Å². The summed E-state index contributed by atoms with van der Waals surface area (Å²) in [5.74, 6) is 1.10. The highest BCUT2D eigenvalue weighted by Crippen LogP contribution is 2.12. The molecule has 1 atom stereocenters. The zero-order valence-electron chi connectivity index (χ0n) is 11.7. The first-order chi connectivity index (χ1) is 8.51. The van der Waals surface area contributed by atoms with Crippen LogP contribution in [0, 0.1) is 11.8 Å². The molecule has 0 aromatic heterocycles. The van der Waals surface area contributed by atoms with Gasteiger partial charge < -0.3 is 0 Å². The SMILES string of the molecule is C=N/C(=C\C=C/CCC(C)C(=O)CI)CC(C)C. The van der Waals surface area contributed by atoms with Gasteiger partial charge in [0.15, 0.2) is 0 Å². The maximum Gasteiger partial charge on any atom is 0.145 e. The summed E-state index contributed by atoms with van der Waals surface area (Å²) in [4.78, 5) is 15.4. The monoisotopic (exact) mass is 361 g/mol. The topological polar surface area (TPSA) is 29.4 Å². The van der Waals surface area contributed by atoms with Crippen LogP contribution < -0.4 is 0 Å². The van der Waals surface area contributed by atoms with Crippen LogP contribution in [0.2, 0.25) is 0 Å². The second kappa shape index (κ2) is 10.5. The van der Waals surface area contributed by atoms with Crippen molar-refractivity contribution in [2.45, 2.75) is 40.0 Å². The third kappa shape index (κ3) is 8.61. The molecule has 3 heteroatoms. The third-order valence-electron chi connectivity index (χ3n) is 2.69. The number of ketones is 1. The Kier molecular flexibility index (Phi) is 10.2. The van der Waals surface area contributed by atoms with Crippen molar-refractivity contribution >= 4 is 35.1 Å². The molecule has 0 N–H and O–H groups in total. The quantitative estimate of drug-likeness (QED) is 0.256. The summed E-state index contributed by atoms with van der Waals surface area (Å²) in [6, 6.07) is 0. The van der Waals surface area contributed by atoms with Crippen molar-refractivity contribution in [2.75, 3.05) is 4.43 Å². The predicted molar refractivity (Wildman–Crippen MR) is 88.5 cm³/mol. The normalized spacial score (nSPS) is 14.2. The highest BCUT2D eigenvalue weighted by atomic mass is 127. The van der Waals surface area contributed by atoms with E-state index in [1.54, 1.807) is 0 Å². The maximum absolute atomic E-state index is 11.4. The van der Waals surface area contributed by atoms with Gasteiger partial charge in [0.1, 0.15) is 5.78 Å². The number of rotatable bonds is 9. The van der Waals surface area contributed by atoms with Crippen LogP contribution in [0.1, 0.15) is 40.0 Å². The highest BCUT2D eigenvalue weighted by Gasteiger charge is 2.09.